The zero-order valence-electron chi connectivity index (χ0n) is 13.4. The highest BCUT2D eigenvalue weighted by atomic mass is 35.5. The van der Waals surface area contributed by atoms with Crippen molar-refractivity contribution < 1.29 is 13.2 Å². The lowest BCUT2D eigenvalue weighted by atomic mass is 10.3. The van der Waals surface area contributed by atoms with Gasteiger partial charge in [0.15, 0.2) is 0 Å². The first kappa shape index (κ1) is 19.1. The second-order valence-electron chi connectivity index (χ2n) is 5.09. The largest absolute Gasteiger partial charge is 0.353 e. The summed E-state index contributed by atoms with van der Waals surface area (Å²) in [7, 11) is -3.80. The first-order valence-electron chi connectivity index (χ1n) is 7.45. The molecule has 8 nitrogen and oxygen atoms in total. The van der Waals surface area contributed by atoms with Gasteiger partial charge >= 0.3 is 0 Å². The Hall–Kier alpha value is -2.23. The lowest BCUT2D eigenvalue weighted by Gasteiger charge is -2.14. The molecule has 0 radical (unpaired) electrons. The molecular formula is C15H18ClN5O3S. The van der Waals surface area contributed by atoms with E-state index in [2.05, 4.69) is 25.3 Å². The van der Waals surface area contributed by atoms with Gasteiger partial charge < -0.3 is 10.6 Å². The van der Waals surface area contributed by atoms with E-state index >= 15 is 0 Å². The molecule has 0 aliphatic heterocycles. The highest BCUT2D eigenvalue weighted by Gasteiger charge is 2.21. The van der Waals surface area contributed by atoms with E-state index < -0.39 is 22.0 Å². The molecule has 0 spiro atoms. The van der Waals surface area contributed by atoms with Crippen LogP contribution in [0.2, 0.25) is 5.02 Å². The van der Waals surface area contributed by atoms with E-state index in [-0.39, 0.29) is 4.90 Å². The van der Waals surface area contributed by atoms with Crippen molar-refractivity contribution in [3.63, 3.8) is 0 Å². The Bertz CT molecular complexity index is 800. The summed E-state index contributed by atoms with van der Waals surface area (Å²) in [5, 5.41) is 5.99. The van der Waals surface area contributed by atoms with E-state index in [9.17, 15) is 13.2 Å². The molecular weight excluding hydrogens is 366 g/mol. The van der Waals surface area contributed by atoms with Gasteiger partial charge in [0.1, 0.15) is 0 Å². The van der Waals surface area contributed by atoms with Crippen molar-refractivity contribution in [2.75, 3.05) is 18.4 Å². The molecule has 0 unspecified atom stereocenters. The first-order chi connectivity index (χ1) is 11.9. The minimum absolute atomic E-state index is 0.0412. The monoisotopic (exact) mass is 383 g/mol. The third-order valence-electron chi connectivity index (χ3n) is 3.12. The number of nitrogens with zero attached hydrogens (tertiary/aromatic N) is 2. The molecule has 0 fully saturated rings. The van der Waals surface area contributed by atoms with Crippen LogP contribution in [0, 0.1) is 0 Å². The fourth-order valence-electron chi connectivity index (χ4n) is 1.87. The maximum Gasteiger partial charge on any atom is 0.241 e. The van der Waals surface area contributed by atoms with Crippen LogP contribution in [0.15, 0.2) is 47.6 Å². The van der Waals surface area contributed by atoms with Crippen LogP contribution in [0.3, 0.4) is 0 Å². The van der Waals surface area contributed by atoms with Crippen molar-refractivity contribution in [1.82, 2.24) is 20.0 Å². The maximum absolute atomic E-state index is 12.2. The Labute approximate surface area is 151 Å². The number of carbonyl (C=O) groups is 1. The molecule has 3 N–H and O–H groups in total. The van der Waals surface area contributed by atoms with E-state index in [1.54, 1.807) is 18.5 Å². The Morgan fingerprint density at radius 1 is 1.16 bits per heavy atom. The van der Waals surface area contributed by atoms with Crippen LogP contribution in [0.5, 0.6) is 0 Å². The zero-order valence-corrected chi connectivity index (χ0v) is 15.0. The van der Waals surface area contributed by atoms with Crippen molar-refractivity contribution in [2.24, 2.45) is 0 Å². The van der Waals surface area contributed by atoms with Gasteiger partial charge in [-0.3, -0.25) is 4.79 Å². The van der Waals surface area contributed by atoms with Crippen molar-refractivity contribution in [3.8, 4) is 0 Å². The number of nitrogens with one attached hydrogen (secondary N) is 3. The zero-order chi connectivity index (χ0) is 18.3. The van der Waals surface area contributed by atoms with Gasteiger partial charge in [-0.15, -0.1) is 0 Å². The fourth-order valence-corrected chi connectivity index (χ4v) is 3.20. The molecule has 1 aromatic carbocycles. The molecule has 0 bridgehead atoms. The molecule has 2 rings (SSSR count). The van der Waals surface area contributed by atoms with Gasteiger partial charge in [0.25, 0.3) is 0 Å². The lowest BCUT2D eigenvalue weighted by Crippen LogP contribution is -2.45. The number of amides is 1. The topological polar surface area (TPSA) is 113 Å². The minimum atomic E-state index is -3.80. The Balaban J connectivity index is 1.80. The van der Waals surface area contributed by atoms with Crippen LogP contribution >= 0.6 is 11.6 Å². The molecule has 10 heteroatoms. The maximum atomic E-state index is 12.2. The highest BCUT2D eigenvalue weighted by Crippen LogP contribution is 2.14. The first-order valence-corrected chi connectivity index (χ1v) is 9.31. The van der Waals surface area contributed by atoms with Crippen LogP contribution in [0.4, 0.5) is 5.95 Å². The predicted molar refractivity (Wildman–Crippen MR) is 94.8 cm³/mol. The summed E-state index contributed by atoms with van der Waals surface area (Å²) in [6, 6.07) is 6.46. The summed E-state index contributed by atoms with van der Waals surface area (Å²) in [5.41, 5.74) is 0. The van der Waals surface area contributed by atoms with E-state index in [1.807, 2.05) is 0 Å². The summed E-state index contributed by atoms with van der Waals surface area (Å²) in [6.07, 6.45) is 3.20. The number of rotatable bonds is 8. The number of carbonyl (C=O) groups excluding carboxylic acids is 1. The number of aromatic nitrogens is 2. The van der Waals surface area contributed by atoms with Crippen LogP contribution in [-0.4, -0.2) is 43.4 Å². The number of hydrogen-bond donors (Lipinski definition) is 3. The molecule has 2 aromatic rings. The average molecular weight is 384 g/mol. The molecule has 0 saturated carbocycles. The minimum Gasteiger partial charge on any atom is -0.353 e. The van der Waals surface area contributed by atoms with Crippen molar-refractivity contribution >= 4 is 33.5 Å². The molecule has 134 valence electrons. The summed E-state index contributed by atoms with van der Waals surface area (Å²) >= 11 is 5.74. The molecule has 0 saturated heterocycles. The van der Waals surface area contributed by atoms with Crippen LogP contribution in [0.25, 0.3) is 0 Å². The predicted octanol–water partition coefficient (Wildman–Crippen LogP) is 1.03. The fraction of sp³-hybridized carbons (Fsp3) is 0.267. The molecule has 1 amide bonds. The second kappa shape index (κ2) is 8.75. The number of halogens is 1. The molecule has 1 heterocycles. The van der Waals surface area contributed by atoms with Gasteiger partial charge in [-0.2, -0.15) is 4.72 Å². The number of sulfonamides is 1. The number of hydrogen-bond acceptors (Lipinski definition) is 6. The van der Waals surface area contributed by atoms with Crippen LogP contribution < -0.4 is 15.4 Å². The molecule has 0 aliphatic carbocycles. The molecule has 1 aromatic heterocycles. The molecule has 0 aliphatic rings. The van der Waals surface area contributed by atoms with E-state index in [1.165, 1.54) is 31.2 Å². The summed E-state index contributed by atoms with van der Waals surface area (Å²) in [4.78, 5) is 20.0. The smallest absolute Gasteiger partial charge is 0.241 e. The summed E-state index contributed by atoms with van der Waals surface area (Å²) in [5.74, 6) is 0.0153. The SMILES string of the molecule is C[C@H](NS(=O)(=O)c1ccc(Cl)cc1)C(=O)NCCNc1ncccn1. The van der Waals surface area contributed by atoms with Gasteiger partial charge in [0.2, 0.25) is 21.9 Å². The summed E-state index contributed by atoms with van der Waals surface area (Å²) < 4.78 is 26.7. The van der Waals surface area contributed by atoms with Crippen molar-refractivity contribution in [3.05, 3.63) is 47.7 Å². The number of benzene rings is 1. The average Bonchev–Trinajstić information content (AvgIpc) is 2.59. The quantitative estimate of drug-likeness (QED) is 0.587. The van der Waals surface area contributed by atoms with Gasteiger partial charge in [-0.25, -0.2) is 18.4 Å². The lowest BCUT2D eigenvalue weighted by molar-refractivity contribution is -0.122. The van der Waals surface area contributed by atoms with Crippen molar-refractivity contribution in [2.45, 2.75) is 17.9 Å². The molecule has 25 heavy (non-hydrogen) atoms. The molecule has 1 atom stereocenters. The van der Waals surface area contributed by atoms with E-state index in [4.69, 9.17) is 11.6 Å². The Morgan fingerprint density at radius 3 is 2.44 bits per heavy atom. The van der Waals surface area contributed by atoms with E-state index in [0.29, 0.717) is 24.1 Å². The Morgan fingerprint density at radius 2 is 1.80 bits per heavy atom. The van der Waals surface area contributed by atoms with Gasteiger partial charge in [-0.1, -0.05) is 11.6 Å². The van der Waals surface area contributed by atoms with Gasteiger partial charge in [-0.05, 0) is 37.3 Å². The summed E-state index contributed by atoms with van der Waals surface area (Å²) in [6.45, 7) is 2.17. The van der Waals surface area contributed by atoms with Crippen molar-refractivity contribution in [1.29, 1.82) is 0 Å². The van der Waals surface area contributed by atoms with E-state index in [0.717, 1.165) is 0 Å². The third-order valence-corrected chi connectivity index (χ3v) is 4.93. The van der Waals surface area contributed by atoms with Gasteiger partial charge in [0.05, 0.1) is 10.9 Å². The Kier molecular flexibility index (Phi) is 6.68. The van der Waals surface area contributed by atoms with Crippen LogP contribution in [0.1, 0.15) is 6.92 Å². The standard InChI is InChI=1S/C15H18ClN5O3S/c1-11(21-25(23,24)13-5-3-12(16)4-6-13)14(22)17-9-10-20-15-18-7-2-8-19-15/h2-8,11,21H,9-10H2,1H3,(H,17,22)(H,18,19,20)/t11-/m0/s1. The normalized spacial score (nSPS) is 12.4. The third kappa shape index (κ3) is 5.96. The second-order valence-corrected chi connectivity index (χ2v) is 7.24. The highest BCUT2D eigenvalue weighted by molar-refractivity contribution is 7.89. The number of anilines is 1. The van der Waals surface area contributed by atoms with Gasteiger partial charge in [0, 0.05) is 30.5 Å². The van der Waals surface area contributed by atoms with Crippen LogP contribution in [-0.2, 0) is 14.8 Å².